The molecule has 0 amide bonds. The Labute approximate surface area is 94.1 Å². The third-order valence-electron chi connectivity index (χ3n) is 2.05. The predicted octanol–water partition coefficient (Wildman–Crippen LogP) is 2.78. The molecular formula is C10H16ClNOS. The van der Waals surface area contributed by atoms with E-state index in [2.05, 4.69) is 0 Å². The fourth-order valence-electron chi connectivity index (χ4n) is 1.71. The lowest BCUT2D eigenvalue weighted by atomic mass is 9.96. The van der Waals surface area contributed by atoms with Crippen LogP contribution in [0.1, 0.15) is 24.8 Å². The summed E-state index contributed by atoms with van der Waals surface area (Å²) in [6.07, 6.45) is 0. The molecule has 1 unspecified atom stereocenters. The summed E-state index contributed by atoms with van der Waals surface area (Å²) in [4.78, 5) is 3.09. The van der Waals surface area contributed by atoms with Crippen molar-refractivity contribution >= 4 is 22.9 Å². The standard InChI is InChI=1S/C10H16ClNOS/c1-10(2,13)9(12(3)4)7-5-6-8(11)14-7/h5-6,9,13H,1-4H3. The molecule has 0 bridgehead atoms. The minimum atomic E-state index is -0.766. The van der Waals surface area contributed by atoms with Gasteiger partial charge in [-0.15, -0.1) is 11.3 Å². The van der Waals surface area contributed by atoms with Gasteiger partial charge in [0.2, 0.25) is 0 Å². The van der Waals surface area contributed by atoms with Crippen molar-refractivity contribution in [2.24, 2.45) is 0 Å². The van der Waals surface area contributed by atoms with Crippen molar-refractivity contribution in [1.82, 2.24) is 4.90 Å². The summed E-state index contributed by atoms with van der Waals surface area (Å²) in [6, 6.07) is 3.82. The molecule has 0 saturated carbocycles. The van der Waals surface area contributed by atoms with E-state index in [9.17, 15) is 5.11 Å². The van der Waals surface area contributed by atoms with E-state index in [1.54, 1.807) is 0 Å². The molecule has 0 aliphatic carbocycles. The highest BCUT2D eigenvalue weighted by Gasteiger charge is 2.31. The summed E-state index contributed by atoms with van der Waals surface area (Å²) in [6.45, 7) is 3.62. The zero-order valence-corrected chi connectivity index (χ0v) is 10.5. The van der Waals surface area contributed by atoms with E-state index < -0.39 is 5.60 Å². The molecule has 1 rings (SSSR count). The Hall–Kier alpha value is -0.0900. The van der Waals surface area contributed by atoms with Gasteiger partial charge in [0.1, 0.15) is 0 Å². The Bertz CT molecular complexity index is 303. The van der Waals surface area contributed by atoms with Crippen molar-refractivity contribution in [1.29, 1.82) is 0 Å². The molecule has 4 heteroatoms. The maximum atomic E-state index is 10.0. The van der Waals surface area contributed by atoms with Gasteiger partial charge in [-0.3, -0.25) is 4.90 Å². The van der Waals surface area contributed by atoms with Crippen molar-refractivity contribution < 1.29 is 5.11 Å². The molecule has 0 aliphatic heterocycles. The van der Waals surface area contributed by atoms with E-state index >= 15 is 0 Å². The lowest BCUT2D eigenvalue weighted by molar-refractivity contribution is -0.00158. The fraction of sp³-hybridized carbons (Fsp3) is 0.600. The van der Waals surface area contributed by atoms with Gasteiger partial charge in [0.25, 0.3) is 0 Å². The first-order chi connectivity index (χ1) is 6.32. The molecule has 1 heterocycles. The van der Waals surface area contributed by atoms with Crippen LogP contribution in [-0.2, 0) is 0 Å². The second-order valence-corrected chi connectivity index (χ2v) is 5.91. The summed E-state index contributed by atoms with van der Waals surface area (Å²) in [5, 5.41) is 10.0. The van der Waals surface area contributed by atoms with E-state index in [0.717, 1.165) is 9.21 Å². The monoisotopic (exact) mass is 233 g/mol. The average Bonchev–Trinajstić information content (AvgIpc) is 2.31. The molecule has 0 saturated heterocycles. The molecule has 1 aromatic rings. The highest BCUT2D eigenvalue weighted by Crippen LogP contribution is 2.35. The first-order valence-corrected chi connectivity index (χ1v) is 5.66. The number of hydrogen-bond acceptors (Lipinski definition) is 3. The number of thiophene rings is 1. The van der Waals surface area contributed by atoms with Gasteiger partial charge in [0.15, 0.2) is 0 Å². The van der Waals surface area contributed by atoms with Gasteiger partial charge in [-0.1, -0.05) is 11.6 Å². The third kappa shape index (κ3) is 2.70. The number of halogens is 1. The number of hydrogen-bond donors (Lipinski definition) is 1. The van der Waals surface area contributed by atoms with Crippen LogP contribution in [0.15, 0.2) is 12.1 Å². The summed E-state index contributed by atoms with van der Waals surface area (Å²) in [5.41, 5.74) is -0.766. The van der Waals surface area contributed by atoms with Crippen molar-refractivity contribution in [2.45, 2.75) is 25.5 Å². The van der Waals surface area contributed by atoms with E-state index in [1.165, 1.54) is 11.3 Å². The largest absolute Gasteiger partial charge is 0.388 e. The molecule has 14 heavy (non-hydrogen) atoms. The Morgan fingerprint density at radius 2 is 2.00 bits per heavy atom. The average molecular weight is 234 g/mol. The summed E-state index contributed by atoms with van der Waals surface area (Å²) in [5.74, 6) is 0. The fourth-order valence-corrected chi connectivity index (χ4v) is 3.15. The molecular weight excluding hydrogens is 218 g/mol. The molecule has 1 aromatic heterocycles. The number of nitrogens with zero attached hydrogens (tertiary/aromatic N) is 1. The SMILES string of the molecule is CN(C)C(c1ccc(Cl)s1)C(C)(C)O. The number of rotatable bonds is 3. The molecule has 1 atom stereocenters. The van der Waals surface area contributed by atoms with Crippen LogP contribution in [-0.4, -0.2) is 29.7 Å². The van der Waals surface area contributed by atoms with Crippen LogP contribution < -0.4 is 0 Å². The van der Waals surface area contributed by atoms with Crippen LogP contribution in [0.4, 0.5) is 0 Å². The van der Waals surface area contributed by atoms with Crippen LogP contribution in [0, 0.1) is 0 Å². The van der Waals surface area contributed by atoms with Gasteiger partial charge in [-0.2, -0.15) is 0 Å². The Morgan fingerprint density at radius 1 is 1.43 bits per heavy atom. The number of aliphatic hydroxyl groups is 1. The summed E-state index contributed by atoms with van der Waals surface area (Å²) in [7, 11) is 3.91. The lowest BCUT2D eigenvalue weighted by Crippen LogP contribution is -2.37. The van der Waals surface area contributed by atoms with Crippen molar-refractivity contribution in [3.8, 4) is 0 Å². The first kappa shape index (κ1) is 12.0. The normalized spacial score (nSPS) is 14.8. The molecule has 0 spiro atoms. The van der Waals surface area contributed by atoms with Crippen molar-refractivity contribution in [3.05, 3.63) is 21.3 Å². The van der Waals surface area contributed by atoms with Crippen molar-refractivity contribution in [2.75, 3.05) is 14.1 Å². The van der Waals surface area contributed by atoms with Gasteiger partial charge < -0.3 is 5.11 Å². The summed E-state index contributed by atoms with van der Waals surface area (Å²) >= 11 is 7.39. The highest BCUT2D eigenvalue weighted by atomic mass is 35.5. The Kier molecular flexibility index (Phi) is 3.58. The van der Waals surface area contributed by atoms with Crippen LogP contribution >= 0.6 is 22.9 Å². The lowest BCUT2D eigenvalue weighted by Gasteiger charge is -2.33. The van der Waals surface area contributed by atoms with Gasteiger partial charge in [0.05, 0.1) is 16.0 Å². The summed E-state index contributed by atoms with van der Waals surface area (Å²) < 4.78 is 0.760. The molecule has 0 aromatic carbocycles. The van der Waals surface area contributed by atoms with E-state index in [-0.39, 0.29) is 6.04 Å². The zero-order chi connectivity index (χ0) is 10.9. The number of likely N-dealkylation sites (N-methyl/N-ethyl adjacent to an activating group) is 1. The van der Waals surface area contributed by atoms with E-state index in [0.29, 0.717) is 0 Å². The second-order valence-electron chi connectivity index (χ2n) is 4.16. The molecule has 80 valence electrons. The van der Waals surface area contributed by atoms with Crippen LogP contribution in [0.25, 0.3) is 0 Å². The molecule has 2 nitrogen and oxygen atoms in total. The second kappa shape index (κ2) is 4.19. The Balaban J connectivity index is 3.01. The molecule has 0 fully saturated rings. The highest BCUT2D eigenvalue weighted by molar-refractivity contribution is 7.16. The minimum absolute atomic E-state index is 0.0139. The maximum absolute atomic E-state index is 10.0. The van der Waals surface area contributed by atoms with Gasteiger partial charge in [-0.05, 0) is 40.1 Å². The topological polar surface area (TPSA) is 23.5 Å². The third-order valence-corrected chi connectivity index (χ3v) is 3.33. The van der Waals surface area contributed by atoms with Crippen LogP contribution in [0.5, 0.6) is 0 Å². The first-order valence-electron chi connectivity index (χ1n) is 4.46. The van der Waals surface area contributed by atoms with E-state index in [1.807, 2.05) is 45.0 Å². The van der Waals surface area contributed by atoms with Crippen LogP contribution in [0.2, 0.25) is 4.34 Å². The van der Waals surface area contributed by atoms with Crippen LogP contribution in [0.3, 0.4) is 0 Å². The van der Waals surface area contributed by atoms with Gasteiger partial charge in [0, 0.05) is 4.88 Å². The quantitative estimate of drug-likeness (QED) is 0.868. The van der Waals surface area contributed by atoms with Gasteiger partial charge >= 0.3 is 0 Å². The molecule has 1 N–H and O–H groups in total. The van der Waals surface area contributed by atoms with Crippen molar-refractivity contribution in [3.63, 3.8) is 0 Å². The van der Waals surface area contributed by atoms with Gasteiger partial charge in [-0.25, -0.2) is 0 Å². The minimum Gasteiger partial charge on any atom is -0.388 e. The maximum Gasteiger partial charge on any atom is 0.0931 e. The smallest absolute Gasteiger partial charge is 0.0931 e. The Morgan fingerprint density at radius 3 is 2.29 bits per heavy atom. The van der Waals surface area contributed by atoms with E-state index in [4.69, 9.17) is 11.6 Å². The zero-order valence-electron chi connectivity index (χ0n) is 8.91. The molecule has 0 aliphatic rings. The predicted molar refractivity (Wildman–Crippen MR) is 62.1 cm³/mol. The molecule has 0 radical (unpaired) electrons.